The summed E-state index contributed by atoms with van der Waals surface area (Å²) in [6.45, 7) is 0. The third-order valence-corrected chi connectivity index (χ3v) is 9.03. The lowest BCUT2D eigenvalue weighted by Crippen LogP contribution is -2.04. The Hall–Kier alpha value is -5.59. The second kappa shape index (κ2) is 8.96. The Balaban J connectivity index is 1.48. The zero-order valence-corrected chi connectivity index (χ0v) is 23.5. The number of nitrogens with one attached hydrogen (secondary N) is 2. The van der Waals surface area contributed by atoms with Gasteiger partial charge in [0, 0.05) is 32.7 Å². The third-order valence-electron chi connectivity index (χ3n) is 8.18. The summed E-state index contributed by atoms with van der Waals surface area (Å²) in [7, 11) is -4.47. The number of rotatable bonds is 1. The van der Waals surface area contributed by atoms with Gasteiger partial charge in [0.2, 0.25) is 0 Å². The molecule has 5 heterocycles. The lowest BCUT2D eigenvalue weighted by molar-refractivity contribution is 0.483. The van der Waals surface area contributed by atoms with Crippen molar-refractivity contribution in [1.29, 1.82) is 0 Å². The van der Waals surface area contributed by atoms with Crippen LogP contribution in [0.3, 0.4) is 0 Å². The van der Waals surface area contributed by atoms with E-state index in [1.807, 2.05) is 66.8 Å². The molecule has 0 radical (unpaired) electrons. The molecule has 2 aliphatic heterocycles. The number of hydrogen-bond donors (Lipinski definition) is 3. The minimum atomic E-state index is -4.47. The zero-order chi connectivity index (χ0) is 29.6. The van der Waals surface area contributed by atoms with E-state index in [9.17, 15) is 13.0 Å². The Morgan fingerprint density at radius 3 is 1.64 bits per heavy atom. The van der Waals surface area contributed by atoms with Crippen LogP contribution in [0.2, 0.25) is 0 Å². The molecule has 12 heteroatoms. The molecule has 6 aromatic rings. The van der Waals surface area contributed by atoms with E-state index in [4.69, 9.17) is 29.9 Å². The van der Waals surface area contributed by atoms with Crippen molar-refractivity contribution in [2.24, 2.45) is 0 Å². The molecule has 3 aromatic heterocycles. The first-order chi connectivity index (χ1) is 21.4. The third kappa shape index (κ3) is 3.75. The van der Waals surface area contributed by atoms with Crippen molar-refractivity contribution in [3.8, 4) is 22.8 Å². The lowest BCUT2D eigenvalue weighted by atomic mass is 9.90. The number of aromatic nitrogens is 8. The van der Waals surface area contributed by atoms with Gasteiger partial charge in [-0.25, -0.2) is 29.9 Å². The summed E-state index contributed by atoms with van der Waals surface area (Å²) in [6, 6.07) is 19.9. The SMILES string of the molecule is O=S(=O)(O)c1ccc2c3nc4nc(nc5[nH]c(nc6nc(nc([nH]3)c2c1)-c1ccccc1-6)c1ccccc51)C1C=CC=CC41. The molecular weight excluding hydrogens is 576 g/mol. The summed E-state index contributed by atoms with van der Waals surface area (Å²) in [5, 5.41) is 2.87. The predicted molar refractivity (Wildman–Crippen MR) is 165 cm³/mol. The van der Waals surface area contributed by atoms with E-state index in [-0.39, 0.29) is 16.7 Å². The van der Waals surface area contributed by atoms with Crippen molar-refractivity contribution in [3.63, 3.8) is 0 Å². The summed E-state index contributed by atoms with van der Waals surface area (Å²) < 4.78 is 34.0. The van der Waals surface area contributed by atoms with E-state index in [1.54, 1.807) is 6.07 Å². The molecule has 9 rings (SSSR count). The van der Waals surface area contributed by atoms with Crippen LogP contribution in [-0.2, 0) is 10.1 Å². The van der Waals surface area contributed by atoms with Crippen LogP contribution in [0.4, 0.5) is 0 Å². The van der Waals surface area contributed by atoms with Crippen LogP contribution in [0.5, 0.6) is 0 Å². The Morgan fingerprint density at radius 1 is 0.568 bits per heavy atom. The van der Waals surface area contributed by atoms with Gasteiger partial charge < -0.3 is 9.97 Å². The van der Waals surface area contributed by atoms with Gasteiger partial charge in [-0.1, -0.05) is 72.8 Å². The number of H-pyrrole nitrogens is 2. The standard InChI is InChI=1S/C32H20N8O3S/c41-44(42,43)16-13-14-23-24(15-16)32-39-30-22-12-6-5-11-21(22)28(37-30)35-26-18-8-2-1-7-17(18)25(33-26)34-27-19-9-3-4-10-20(19)29(36-27)38-31(23)40-32/h1-15,19-20H,(H,41,42,43)(H2,33,34,35,36,37,38,39,40). The maximum atomic E-state index is 12.1. The van der Waals surface area contributed by atoms with Gasteiger partial charge in [-0.3, -0.25) is 4.55 Å². The molecule has 0 amide bonds. The van der Waals surface area contributed by atoms with E-state index in [0.29, 0.717) is 56.7 Å². The molecule has 0 saturated heterocycles. The van der Waals surface area contributed by atoms with Crippen molar-refractivity contribution in [3.05, 3.63) is 103 Å². The topological polar surface area (TPSA) is 163 Å². The van der Waals surface area contributed by atoms with E-state index in [1.165, 1.54) is 12.1 Å². The summed E-state index contributed by atoms with van der Waals surface area (Å²) in [4.78, 5) is 36.0. The van der Waals surface area contributed by atoms with Crippen molar-refractivity contribution >= 4 is 54.3 Å². The number of fused-ring (bicyclic) bond motifs is 20. The Labute approximate surface area is 248 Å². The maximum absolute atomic E-state index is 12.1. The summed E-state index contributed by atoms with van der Waals surface area (Å²) >= 11 is 0. The van der Waals surface area contributed by atoms with Crippen LogP contribution >= 0.6 is 0 Å². The number of nitrogens with zero attached hydrogens (tertiary/aromatic N) is 6. The Kier molecular flexibility index (Phi) is 5.08. The molecule has 212 valence electrons. The monoisotopic (exact) mass is 596 g/mol. The molecule has 44 heavy (non-hydrogen) atoms. The fraction of sp³-hybridized carbons (Fsp3) is 0.0625. The molecule has 3 aliphatic rings. The van der Waals surface area contributed by atoms with E-state index in [2.05, 4.69) is 16.0 Å². The van der Waals surface area contributed by atoms with Gasteiger partial charge in [-0.05, 0) is 18.2 Å². The first-order valence-corrected chi connectivity index (χ1v) is 15.3. The molecule has 2 atom stereocenters. The van der Waals surface area contributed by atoms with Crippen molar-refractivity contribution < 1.29 is 13.0 Å². The molecule has 3 N–H and O–H groups in total. The van der Waals surface area contributed by atoms with Gasteiger partial charge >= 0.3 is 0 Å². The fourth-order valence-electron chi connectivity index (χ4n) is 6.10. The van der Waals surface area contributed by atoms with Crippen molar-refractivity contribution in [2.75, 3.05) is 0 Å². The highest BCUT2D eigenvalue weighted by Crippen LogP contribution is 2.40. The number of aromatic amines is 2. The summed E-state index contributed by atoms with van der Waals surface area (Å²) in [5.41, 5.74) is 3.59. The summed E-state index contributed by atoms with van der Waals surface area (Å²) in [5.74, 6) is 1.74. The van der Waals surface area contributed by atoms with Gasteiger partial charge in [0.05, 0.1) is 16.7 Å². The van der Waals surface area contributed by atoms with Crippen LogP contribution in [0.1, 0.15) is 23.5 Å². The van der Waals surface area contributed by atoms with Gasteiger partial charge in [0.25, 0.3) is 10.1 Å². The highest BCUT2D eigenvalue weighted by molar-refractivity contribution is 7.85. The minimum Gasteiger partial charge on any atom is -0.324 e. The van der Waals surface area contributed by atoms with E-state index >= 15 is 0 Å². The molecule has 11 nitrogen and oxygen atoms in total. The van der Waals surface area contributed by atoms with Gasteiger partial charge in [0.1, 0.15) is 34.2 Å². The molecular formula is C32H20N8O3S. The highest BCUT2D eigenvalue weighted by atomic mass is 32.2. The smallest absolute Gasteiger partial charge is 0.294 e. The van der Waals surface area contributed by atoms with Crippen LogP contribution < -0.4 is 0 Å². The average molecular weight is 597 g/mol. The fourth-order valence-corrected chi connectivity index (χ4v) is 6.61. The first-order valence-electron chi connectivity index (χ1n) is 13.9. The maximum Gasteiger partial charge on any atom is 0.294 e. The second-order valence-electron chi connectivity index (χ2n) is 10.8. The first kappa shape index (κ1) is 25.0. The normalized spacial score (nSPS) is 17.2. The molecule has 8 bridgehead atoms. The van der Waals surface area contributed by atoms with E-state index < -0.39 is 10.1 Å². The molecule has 0 saturated carbocycles. The highest BCUT2D eigenvalue weighted by Gasteiger charge is 2.32. The lowest BCUT2D eigenvalue weighted by Gasteiger charge is -2.13. The van der Waals surface area contributed by atoms with Crippen molar-refractivity contribution in [2.45, 2.75) is 16.7 Å². The van der Waals surface area contributed by atoms with Gasteiger partial charge in [-0.15, -0.1) is 0 Å². The summed E-state index contributed by atoms with van der Waals surface area (Å²) in [6.07, 6.45) is 8.06. The molecule has 3 aromatic carbocycles. The Bertz CT molecular complexity index is 2570. The molecule has 1 aliphatic carbocycles. The van der Waals surface area contributed by atoms with Crippen LogP contribution in [0.15, 0.2) is 95.9 Å². The Morgan fingerprint density at radius 2 is 1.07 bits per heavy atom. The number of allylic oxidation sites excluding steroid dienone is 4. The molecule has 0 fully saturated rings. The quantitative estimate of drug-likeness (QED) is 0.199. The molecule has 0 spiro atoms. The van der Waals surface area contributed by atoms with Gasteiger partial charge in [-0.2, -0.15) is 8.42 Å². The molecule has 2 unspecified atom stereocenters. The minimum absolute atomic E-state index is 0.128. The van der Waals surface area contributed by atoms with Gasteiger partial charge in [0.15, 0.2) is 11.6 Å². The van der Waals surface area contributed by atoms with Crippen LogP contribution in [-0.4, -0.2) is 52.8 Å². The van der Waals surface area contributed by atoms with Crippen LogP contribution in [0, 0.1) is 0 Å². The van der Waals surface area contributed by atoms with Crippen LogP contribution in [0.25, 0.3) is 66.9 Å². The number of benzene rings is 3. The van der Waals surface area contributed by atoms with E-state index in [0.717, 1.165) is 21.9 Å². The largest absolute Gasteiger partial charge is 0.324 e. The number of hydrogen-bond acceptors (Lipinski definition) is 8. The zero-order valence-electron chi connectivity index (χ0n) is 22.7. The predicted octanol–water partition coefficient (Wildman–Crippen LogP) is 5.78. The van der Waals surface area contributed by atoms with Crippen molar-refractivity contribution in [1.82, 2.24) is 39.9 Å². The average Bonchev–Trinajstić information content (AvgIpc) is 3.76. The second-order valence-corrected chi connectivity index (χ2v) is 12.2.